The Bertz CT molecular complexity index is 935. The Kier molecular flexibility index (Phi) is 6.27. The number of nitrogens with zero attached hydrogens (tertiary/aromatic N) is 1. The number of hydrogen-bond acceptors (Lipinski definition) is 3. The molecule has 2 aromatic carbocycles. The normalized spacial score (nSPS) is 12.2. The van der Waals surface area contributed by atoms with E-state index in [2.05, 4.69) is 36.5 Å². The number of aromatic nitrogens is 1. The number of benzene rings is 2. The minimum absolute atomic E-state index is 0.0135. The molecule has 3 N–H and O–H groups in total. The summed E-state index contributed by atoms with van der Waals surface area (Å²) in [5.74, 6) is 0. The second-order valence-corrected chi connectivity index (χ2v) is 7.15. The van der Waals surface area contributed by atoms with Gasteiger partial charge < -0.3 is 11.1 Å². The Morgan fingerprint density at radius 1 is 1.07 bits per heavy atom. The van der Waals surface area contributed by atoms with Gasteiger partial charge in [-0.3, -0.25) is 4.98 Å². The van der Waals surface area contributed by atoms with Gasteiger partial charge in [0.25, 0.3) is 0 Å². The molecule has 3 rings (SSSR count). The van der Waals surface area contributed by atoms with Crippen LogP contribution in [0, 0.1) is 0 Å². The first kappa shape index (κ1) is 19.6. The van der Waals surface area contributed by atoms with Crippen molar-refractivity contribution in [2.24, 2.45) is 5.73 Å². The van der Waals surface area contributed by atoms with Gasteiger partial charge >= 0.3 is 0 Å². The molecular formula is C23H26ClN3. The van der Waals surface area contributed by atoms with Crippen molar-refractivity contribution in [2.75, 3.05) is 7.05 Å². The summed E-state index contributed by atoms with van der Waals surface area (Å²) >= 11 is 6.82. The molecule has 0 saturated carbocycles. The molecule has 0 saturated heterocycles. The number of nitrogens with two attached hydrogens (primary N) is 1. The molecule has 0 bridgehead atoms. The summed E-state index contributed by atoms with van der Waals surface area (Å²) in [4.78, 5) is 4.88. The summed E-state index contributed by atoms with van der Waals surface area (Å²) in [6, 6.07) is 18.5. The van der Waals surface area contributed by atoms with Gasteiger partial charge in [-0.25, -0.2) is 0 Å². The van der Waals surface area contributed by atoms with Gasteiger partial charge in [0, 0.05) is 29.4 Å². The lowest BCUT2D eigenvalue weighted by Gasteiger charge is -2.14. The first-order chi connectivity index (χ1) is 13.0. The Morgan fingerprint density at radius 3 is 2.52 bits per heavy atom. The van der Waals surface area contributed by atoms with Crippen LogP contribution in [0.5, 0.6) is 0 Å². The van der Waals surface area contributed by atoms with Crippen molar-refractivity contribution in [2.45, 2.75) is 32.9 Å². The van der Waals surface area contributed by atoms with Crippen LogP contribution in [0.4, 0.5) is 0 Å². The average molecular weight is 380 g/mol. The number of aryl methyl sites for hydroxylation is 1. The topological polar surface area (TPSA) is 50.9 Å². The summed E-state index contributed by atoms with van der Waals surface area (Å²) in [7, 11) is 1.95. The molecule has 1 unspecified atom stereocenters. The molecule has 0 aliphatic heterocycles. The number of halogens is 1. The number of rotatable bonds is 6. The van der Waals surface area contributed by atoms with Crippen LogP contribution in [0.1, 0.15) is 36.7 Å². The van der Waals surface area contributed by atoms with Crippen LogP contribution >= 0.6 is 11.6 Å². The molecule has 4 heteroatoms. The van der Waals surface area contributed by atoms with Gasteiger partial charge in [-0.2, -0.15) is 0 Å². The van der Waals surface area contributed by atoms with Gasteiger partial charge in [0.15, 0.2) is 0 Å². The summed E-state index contributed by atoms with van der Waals surface area (Å²) < 4.78 is 0. The Hall–Kier alpha value is -2.20. The monoisotopic (exact) mass is 379 g/mol. The molecule has 27 heavy (non-hydrogen) atoms. The second-order valence-electron chi connectivity index (χ2n) is 6.77. The van der Waals surface area contributed by atoms with Crippen molar-refractivity contribution in [1.29, 1.82) is 0 Å². The van der Waals surface area contributed by atoms with E-state index in [-0.39, 0.29) is 6.04 Å². The molecule has 0 aliphatic rings. The summed E-state index contributed by atoms with van der Waals surface area (Å²) in [6.07, 6.45) is 0.887. The van der Waals surface area contributed by atoms with Crippen LogP contribution in [0.25, 0.3) is 22.4 Å². The molecule has 3 aromatic rings. The number of pyridine rings is 1. The highest BCUT2D eigenvalue weighted by Gasteiger charge is 2.13. The van der Waals surface area contributed by atoms with E-state index < -0.39 is 0 Å². The van der Waals surface area contributed by atoms with Crippen LogP contribution < -0.4 is 11.1 Å². The third kappa shape index (κ3) is 4.22. The van der Waals surface area contributed by atoms with Crippen molar-refractivity contribution in [3.8, 4) is 22.4 Å². The predicted molar refractivity (Wildman–Crippen MR) is 115 cm³/mol. The molecule has 1 heterocycles. The molecule has 3 nitrogen and oxygen atoms in total. The lowest BCUT2D eigenvalue weighted by molar-refractivity contribution is 0.795. The Labute approximate surface area is 166 Å². The quantitative estimate of drug-likeness (QED) is 0.605. The SMILES string of the molecule is CCc1nc(-c2cccc(-c3cccc(C(C)N)c3)c2Cl)ccc1CNC. The fraction of sp³-hybridized carbons (Fsp3) is 0.261. The highest BCUT2D eigenvalue weighted by atomic mass is 35.5. The van der Waals surface area contributed by atoms with Crippen LogP contribution in [-0.2, 0) is 13.0 Å². The van der Waals surface area contributed by atoms with Gasteiger partial charge in [0.1, 0.15) is 0 Å². The number of nitrogens with one attached hydrogen (secondary N) is 1. The van der Waals surface area contributed by atoms with Crippen LogP contribution in [0.3, 0.4) is 0 Å². The van der Waals surface area contributed by atoms with Crippen molar-refractivity contribution in [3.63, 3.8) is 0 Å². The number of hydrogen-bond donors (Lipinski definition) is 2. The molecule has 0 radical (unpaired) electrons. The van der Waals surface area contributed by atoms with E-state index in [0.29, 0.717) is 0 Å². The average Bonchev–Trinajstić information content (AvgIpc) is 2.69. The Morgan fingerprint density at radius 2 is 1.81 bits per heavy atom. The van der Waals surface area contributed by atoms with Gasteiger partial charge in [-0.15, -0.1) is 0 Å². The zero-order valence-corrected chi connectivity index (χ0v) is 16.8. The first-order valence-corrected chi connectivity index (χ1v) is 9.71. The van der Waals surface area contributed by atoms with Crippen LogP contribution in [0.2, 0.25) is 5.02 Å². The molecule has 0 fully saturated rings. The highest BCUT2D eigenvalue weighted by Crippen LogP contribution is 2.36. The van der Waals surface area contributed by atoms with Crippen LogP contribution in [0.15, 0.2) is 54.6 Å². The maximum atomic E-state index is 6.82. The molecule has 0 amide bonds. The predicted octanol–water partition coefficient (Wildman–Crippen LogP) is 5.37. The van der Waals surface area contributed by atoms with Crippen molar-refractivity contribution >= 4 is 11.6 Å². The van der Waals surface area contributed by atoms with Gasteiger partial charge in [-0.1, -0.05) is 61.0 Å². The molecule has 0 aliphatic carbocycles. The first-order valence-electron chi connectivity index (χ1n) is 9.33. The third-order valence-electron chi connectivity index (χ3n) is 4.77. The van der Waals surface area contributed by atoms with E-state index in [1.165, 1.54) is 5.56 Å². The van der Waals surface area contributed by atoms with Gasteiger partial charge in [0.2, 0.25) is 0 Å². The van der Waals surface area contributed by atoms with E-state index in [1.807, 2.05) is 44.3 Å². The fourth-order valence-electron chi connectivity index (χ4n) is 3.28. The van der Waals surface area contributed by atoms with Crippen molar-refractivity contribution in [3.05, 3.63) is 76.4 Å². The minimum Gasteiger partial charge on any atom is -0.324 e. The van der Waals surface area contributed by atoms with Gasteiger partial charge in [-0.05, 0) is 49.2 Å². The molecular weight excluding hydrogens is 354 g/mol. The summed E-state index contributed by atoms with van der Waals surface area (Å²) in [5.41, 5.74) is 13.4. The zero-order chi connectivity index (χ0) is 19.4. The van der Waals surface area contributed by atoms with Gasteiger partial charge in [0.05, 0.1) is 10.7 Å². The lowest BCUT2D eigenvalue weighted by atomic mass is 9.97. The molecule has 140 valence electrons. The third-order valence-corrected chi connectivity index (χ3v) is 5.18. The fourth-order valence-corrected chi connectivity index (χ4v) is 3.61. The second kappa shape index (κ2) is 8.66. The molecule has 1 aromatic heterocycles. The minimum atomic E-state index is -0.0135. The molecule has 1 atom stereocenters. The highest BCUT2D eigenvalue weighted by molar-refractivity contribution is 6.36. The largest absolute Gasteiger partial charge is 0.324 e. The van der Waals surface area contributed by atoms with E-state index in [0.717, 1.165) is 51.6 Å². The van der Waals surface area contributed by atoms with E-state index in [1.54, 1.807) is 0 Å². The van der Waals surface area contributed by atoms with E-state index in [4.69, 9.17) is 22.3 Å². The maximum absolute atomic E-state index is 6.82. The smallest absolute Gasteiger partial charge is 0.0720 e. The van der Waals surface area contributed by atoms with Crippen molar-refractivity contribution in [1.82, 2.24) is 10.3 Å². The molecule has 0 spiro atoms. The van der Waals surface area contributed by atoms with E-state index in [9.17, 15) is 0 Å². The Balaban J connectivity index is 2.07. The summed E-state index contributed by atoms with van der Waals surface area (Å²) in [5, 5.41) is 3.92. The van der Waals surface area contributed by atoms with Crippen LogP contribution in [-0.4, -0.2) is 12.0 Å². The summed E-state index contributed by atoms with van der Waals surface area (Å²) in [6.45, 7) is 4.93. The van der Waals surface area contributed by atoms with E-state index >= 15 is 0 Å². The zero-order valence-electron chi connectivity index (χ0n) is 16.1. The lowest BCUT2D eigenvalue weighted by Crippen LogP contribution is -2.09. The van der Waals surface area contributed by atoms with Crippen molar-refractivity contribution < 1.29 is 0 Å². The maximum Gasteiger partial charge on any atom is 0.0720 e. The standard InChI is InChI=1S/C23H26ClN3/c1-4-21-18(14-26-3)11-12-22(27-21)20-10-6-9-19(23(20)24)17-8-5-7-16(13-17)15(2)25/h5-13,15,26H,4,14,25H2,1-3H3.